The predicted octanol–water partition coefficient (Wildman–Crippen LogP) is -5.55. The maximum Gasteiger partial charge on any atom is 0.195 e. The van der Waals surface area contributed by atoms with E-state index in [4.69, 9.17) is 24.8 Å². The van der Waals surface area contributed by atoms with Crippen LogP contribution in [0.2, 0.25) is 0 Å². The van der Waals surface area contributed by atoms with Crippen molar-refractivity contribution in [3.63, 3.8) is 0 Å². The number of carbonyl (C=O) groups is 1. The van der Waals surface area contributed by atoms with Crippen LogP contribution >= 0.6 is 0 Å². The Morgan fingerprint density at radius 3 is 2.09 bits per heavy atom. The minimum Gasteiger partial charge on any atom is -0.394 e. The summed E-state index contributed by atoms with van der Waals surface area (Å²) in [6, 6.07) is 0. The van der Waals surface area contributed by atoms with Crippen molar-refractivity contribution < 1.29 is 55.1 Å². The molecule has 0 aromatic rings. The molecule has 8 N–H and O–H groups in total. The molecule has 11 heteroatoms. The second kappa shape index (κ2) is 8.94. The highest BCUT2D eigenvalue weighted by Gasteiger charge is 2.46. The molecule has 23 heavy (non-hydrogen) atoms. The van der Waals surface area contributed by atoms with Gasteiger partial charge in [0.15, 0.2) is 12.1 Å². The molecule has 1 saturated heterocycles. The Balaban J connectivity index is 2.91. The van der Waals surface area contributed by atoms with Gasteiger partial charge in [-0.3, -0.25) is 4.79 Å². The summed E-state index contributed by atoms with van der Waals surface area (Å²) in [6.45, 7) is -2.64. The maximum absolute atomic E-state index is 11.8. The van der Waals surface area contributed by atoms with E-state index in [0.717, 1.165) is 0 Å². The number of hydrogen-bond acceptors (Lipinski definition) is 11. The van der Waals surface area contributed by atoms with Crippen LogP contribution in [0.3, 0.4) is 0 Å². The summed E-state index contributed by atoms with van der Waals surface area (Å²) in [7, 11) is 0. The number of aliphatic hydroxyl groups excluding tert-OH is 8. The first-order chi connectivity index (χ1) is 10.8. The summed E-state index contributed by atoms with van der Waals surface area (Å²) in [5.41, 5.74) is 0. The molecule has 1 heterocycles. The smallest absolute Gasteiger partial charge is 0.195 e. The lowest BCUT2D eigenvalue weighted by Crippen LogP contribution is -2.61. The van der Waals surface area contributed by atoms with Gasteiger partial charge in [-0.25, -0.2) is 0 Å². The van der Waals surface area contributed by atoms with Crippen LogP contribution in [0.1, 0.15) is 0 Å². The number of ether oxygens (including phenoxy) is 2. The minimum absolute atomic E-state index is 0.731. The van der Waals surface area contributed by atoms with Crippen molar-refractivity contribution in [1.82, 2.24) is 0 Å². The Kier molecular flexibility index (Phi) is 7.89. The largest absolute Gasteiger partial charge is 0.394 e. The minimum atomic E-state index is -1.91. The van der Waals surface area contributed by atoms with Crippen LogP contribution in [0.4, 0.5) is 0 Å². The summed E-state index contributed by atoms with van der Waals surface area (Å²) in [4.78, 5) is 11.8. The van der Waals surface area contributed by atoms with Crippen LogP contribution in [0.25, 0.3) is 0 Å². The number of carbonyl (C=O) groups excluding carboxylic acids is 1. The molecule has 136 valence electrons. The molecule has 0 unspecified atom stereocenters. The van der Waals surface area contributed by atoms with Crippen molar-refractivity contribution in [3.05, 3.63) is 0 Å². The Labute approximate surface area is 130 Å². The standard InChI is InChI=1S/C12H22O11/c13-1-4(16)7(18)11(5(17)2-14)23-12-10(21)9(20)8(19)6(3-15)22-12/h4-6,8-17,19-21H,1-3H2/t4-,5+,6+,8+,9-,10+,11+,12-/m0/s1. The first-order valence-corrected chi connectivity index (χ1v) is 6.86. The lowest BCUT2D eigenvalue weighted by atomic mass is 9.99. The zero-order valence-corrected chi connectivity index (χ0v) is 12.0. The van der Waals surface area contributed by atoms with Crippen LogP contribution in [0.5, 0.6) is 0 Å². The molecule has 1 rings (SSSR count). The third kappa shape index (κ3) is 4.64. The molecule has 0 spiro atoms. The van der Waals surface area contributed by atoms with Gasteiger partial charge in [-0.1, -0.05) is 0 Å². The van der Waals surface area contributed by atoms with E-state index >= 15 is 0 Å². The predicted molar refractivity (Wildman–Crippen MR) is 69.8 cm³/mol. The fraction of sp³-hybridized carbons (Fsp3) is 0.917. The Morgan fingerprint density at radius 2 is 1.61 bits per heavy atom. The van der Waals surface area contributed by atoms with Gasteiger partial charge in [0, 0.05) is 0 Å². The fourth-order valence-corrected chi connectivity index (χ4v) is 2.05. The van der Waals surface area contributed by atoms with Crippen LogP contribution in [0.15, 0.2) is 0 Å². The van der Waals surface area contributed by atoms with Gasteiger partial charge in [-0.05, 0) is 0 Å². The van der Waals surface area contributed by atoms with Crippen molar-refractivity contribution in [2.24, 2.45) is 0 Å². The van der Waals surface area contributed by atoms with Crippen LogP contribution in [-0.2, 0) is 14.3 Å². The van der Waals surface area contributed by atoms with Crippen LogP contribution in [-0.4, -0.2) is 115 Å². The van der Waals surface area contributed by atoms with E-state index in [0.29, 0.717) is 0 Å². The van der Waals surface area contributed by atoms with Crippen LogP contribution in [0, 0.1) is 0 Å². The molecule has 1 aliphatic heterocycles. The number of Topliss-reactive ketones (excluding diaryl/α,β-unsaturated/α-hetero) is 1. The van der Waals surface area contributed by atoms with Crippen molar-refractivity contribution in [2.75, 3.05) is 19.8 Å². The molecule has 0 bridgehead atoms. The summed E-state index contributed by atoms with van der Waals surface area (Å²) < 4.78 is 10.0. The zero-order chi connectivity index (χ0) is 17.7. The van der Waals surface area contributed by atoms with E-state index in [-0.39, 0.29) is 0 Å². The maximum atomic E-state index is 11.8. The average molecular weight is 342 g/mol. The van der Waals surface area contributed by atoms with Crippen molar-refractivity contribution >= 4 is 5.78 Å². The number of rotatable bonds is 8. The van der Waals surface area contributed by atoms with Gasteiger partial charge in [0.2, 0.25) is 0 Å². The molecular formula is C12H22O11. The molecule has 0 aliphatic carbocycles. The number of hydrogen-bond donors (Lipinski definition) is 8. The van der Waals surface area contributed by atoms with Crippen molar-refractivity contribution in [3.8, 4) is 0 Å². The van der Waals surface area contributed by atoms with Gasteiger partial charge in [0.25, 0.3) is 0 Å². The monoisotopic (exact) mass is 342 g/mol. The van der Waals surface area contributed by atoms with E-state index in [1.54, 1.807) is 0 Å². The quantitative estimate of drug-likeness (QED) is 0.209. The van der Waals surface area contributed by atoms with Gasteiger partial charge in [-0.15, -0.1) is 0 Å². The third-order valence-corrected chi connectivity index (χ3v) is 3.45. The highest BCUT2D eigenvalue weighted by Crippen LogP contribution is 2.24. The zero-order valence-electron chi connectivity index (χ0n) is 12.0. The lowest BCUT2D eigenvalue weighted by Gasteiger charge is -2.41. The molecule has 0 radical (unpaired) electrons. The Hall–Kier alpha value is -0.730. The lowest BCUT2D eigenvalue weighted by molar-refractivity contribution is -0.314. The van der Waals surface area contributed by atoms with E-state index in [1.807, 2.05) is 0 Å². The van der Waals surface area contributed by atoms with E-state index in [9.17, 15) is 30.3 Å². The second-order valence-corrected chi connectivity index (χ2v) is 5.10. The summed E-state index contributed by atoms with van der Waals surface area (Å²) in [6.07, 6.45) is -13.9. The molecule has 1 fully saturated rings. The van der Waals surface area contributed by atoms with Gasteiger partial charge < -0.3 is 50.3 Å². The van der Waals surface area contributed by atoms with E-state index in [2.05, 4.69) is 0 Å². The fourth-order valence-electron chi connectivity index (χ4n) is 2.05. The van der Waals surface area contributed by atoms with E-state index < -0.39 is 74.6 Å². The summed E-state index contributed by atoms with van der Waals surface area (Å²) in [5, 5.41) is 74.7. The van der Waals surface area contributed by atoms with E-state index in [1.165, 1.54) is 0 Å². The Bertz CT molecular complexity index is 376. The molecule has 8 atom stereocenters. The molecule has 0 aromatic heterocycles. The van der Waals surface area contributed by atoms with Crippen LogP contribution < -0.4 is 0 Å². The normalized spacial score (nSPS) is 35.6. The highest BCUT2D eigenvalue weighted by atomic mass is 16.7. The Morgan fingerprint density at radius 1 is 1.00 bits per heavy atom. The van der Waals surface area contributed by atoms with Gasteiger partial charge in [0.1, 0.15) is 42.7 Å². The third-order valence-electron chi connectivity index (χ3n) is 3.45. The first-order valence-electron chi connectivity index (χ1n) is 6.86. The van der Waals surface area contributed by atoms with Gasteiger partial charge >= 0.3 is 0 Å². The molecule has 0 saturated carbocycles. The molecule has 0 amide bonds. The second-order valence-electron chi connectivity index (χ2n) is 5.10. The number of aliphatic hydroxyl groups is 8. The van der Waals surface area contributed by atoms with Gasteiger partial charge in [-0.2, -0.15) is 0 Å². The van der Waals surface area contributed by atoms with Crippen molar-refractivity contribution in [1.29, 1.82) is 0 Å². The molecule has 1 aliphatic rings. The highest BCUT2D eigenvalue weighted by molar-refractivity contribution is 5.87. The number of ketones is 1. The summed E-state index contributed by atoms with van der Waals surface area (Å²) in [5.74, 6) is -1.19. The van der Waals surface area contributed by atoms with Crippen molar-refractivity contribution in [2.45, 2.75) is 49.0 Å². The molecule has 11 nitrogen and oxygen atoms in total. The van der Waals surface area contributed by atoms with Gasteiger partial charge in [0.05, 0.1) is 19.8 Å². The topological polar surface area (TPSA) is 197 Å². The molecular weight excluding hydrogens is 320 g/mol. The first kappa shape index (κ1) is 20.3. The SMILES string of the molecule is O=C([C@@H](O)CO)[C@H](O[C@@H]1O[C@H](CO)[C@@H](O)[C@H](O)[C@H]1O)[C@H](O)CO. The molecule has 0 aromatic carbocycles. The average Bonchev–Trinajstić information content (AvgIpc) is 2.57. The summed E-state index contributed by atoms with van der Waals surface area (Å²) >= 11 is 0.